The Morgan fingerprint density at radius 3 is 2.49 bits per heavy atom. The number of alkyl halides is 3. The van der Waals surface area contributed by atoms with Gasteiger partial charge in [-0.3, -0.25) is 9.69 Å². The molecule has 202 valence electrons. The predicted octanol–water partition coefficient (Wildman–Crippen LogP) is 1.74. The number of β-amino-alcohol motifs (C(OH)–C–C–N with tert-alkyl or cyclic N) is 1. The van der Waals surface area contributed by atoms with Gasteiger partial charge in [-0.25, -0.2) is 9.97 Å². The molecule has 1 aliphatic heterocycles. The van der Waals surface area contributed by atoms with Gasteiger partial charge in [0.15, 0.2) is 11.6 Å². The van der Waals surface area contributed by atoms with Crippen LogP contribution in [0.25, 0.3) is 0 Å². The molecule has 0 spiro atoms. The maximum Gasteiger partial charge on any atom is 0.416 e. The van der Waals surface area contributed by atoms with E-state index < -0.39 is 42.2 Å². The molecule has 1 aromatic carbocycles. The zero-order valence-corrected chi connectivity index (χ0v) is 20.0. The van der Waals surface area contributed by atoms with Gasteiger partial charge in [0.1, 0.15) is 12.4 Å². The zero-order chi connectivity index (χ0) is 26.7. The Kier molecular flexibility index (Phi) is 8.14. The summed E-state index contributed by atoms with van der Waals surface area (Å²) in [6.45, 7) is 0.534. The molecule has 1 amide bonds. The molecular weight excluding hydrogens is 496 g/mol. The third kappa shape index (κ3) is 6.46. The molecule has 0 bridgehead atoms. The zero-order valence-electron chi connectivity index (χ0n) is 20.0. The van der Waals surface area contributed by atoms with Crippen LogP contribution in [-0.2, 0) is 17.5 Å². The number of aromatic nitrogens is 2. The van der Waals surface area contributed by atoms with Crippen LogP contribution in [0.4, 0.5) is 29.2 Å². The number of hydrogen-bond donors (Lipinski definition) is 4. The summed E-state index contributed by atoms with van der Waals surface area (Å²) in [5.41, 5.74) is 5.16. The molecule has 5 N–H and O–H groups in total. The average Bonchev–Trinajstić information content (AvgIpc) is 3.68. The quantitative estimate of drug-likeness (QED) is 0.345. The molecule has 2 heterocycles. The first kappa shape index (κ1) is 27.0. The molecule has 3 unspecified atom stereocenters. The molecule has 1 aliphatic carbocycles. The number of amides is 1. The maximum atomic E-state index is 15.5. The van der Waals surface area contributed by atoms with E-state index in [1.807, 2.05) is 0 Å². The molecule has 13 heteroatoms. The molecule has 0 radical (unpaired) electrons. The van der Waals surface area contributed by atoms with Crippen molar-refractivity contribution in [1.82, 2.24) is 14.9 Å². The molecule has 9 nitrogen and oxygen atoms in total. The second-order valence-corrected chi connectivity index (χ2v) is 9.51. The molecule has 2 aliphatic rings. The third-order valence-corrected chi connectivity index (χ3v) is 6.89. The second-order valence-electron chi connectivity index (χ2n) is 9.51. The Hall–Kier alpha value is -3.03. The highest BCUT2D eigenvalue weighted by Crippen LogP contribution is 2.35. The Balaban J connectivity index is 1.42. The highest BCUT2D eigenvalue weighted by Gasteiger charge is 2.35. The van der Waals surface area contributed by atoms with E-state index >= 15 is 4.39 Å². The SMILES string of the molecule is NC(=O)C(CO)N1CCC(CNc2ncnc(N(Cc3ccc(C(F)(F)F)cc3)C3CC3)c2F)C(O)C1. The van der Waals surface area contributed by atoms with Crippen LogP contribution in [-0.4, -0.2) is 75.4 Å². The first-order chi connectivity index (χ1) is 17.6. The topological polar surface area (TPSA) is 128 Å². The minimum Gasteiger partial charge on any atom is -0.394 e. The smallest absolute Gasteiger partial charge is 0.394 e. The minimum absolute atomic E-state index is 0.0235. The molecule has 4 rings (SSSR count). The molecule has 2 fully saturated rings. The number of rotatable bonds is 10. The van der Waals surface area contributed by atoms with Crippen LogP contribution < -0.4 is 16.0 Å². The fourth-order valence-corrected chi connectivity index (χ4v) is 4.58. The van der Waals surface area contributed by atoms with Gasteiger partial charge in [-0.1, -0.05) is 12.1 Å². The lowest BCUT2D eigenvalue weighted by atomic mass is 9.92. The van der Waals surface area contributed by atoms with Gasteiger partial charge in [-0.2, -0.15) is 17.6 Å². The van der Waals surface area contributed by atoms with E-state index in [-0.39, 0.29) is 43.2 Å². The summed E-state index contributed by atoms with van der Waals surface area (Å²) < 4.78 is 54.1. The summed E-state index contributed by atoms with van der Waals surface area (Å²) in [7, 11) is 0. The number of aliphatic hydroxyl groups excluding tert-OH is 2. The van der Waals surface area contributed by atoms with E-state index in [0.717, 1.165) is 25.0 Å². The third-order valence-electron chi connectivity index (χ3n) is 6.89. The van der Waals surface area contributed by atoms with Crippen LogP contribution in [0.3, 0.4) is 0 Å². The Morgan fingerprint density at radius 1 is 1.22 bits per heavy atom. The number of carbonyl (C=O) groups excluding carboxylic acids is 1. The first-order valence-corrected chi connectivity index (χ1v) is 12.1. The number of nitrogens with zero attached hydrogens (tertiary/aromatic N) is 4. The van der Waals surface area contributed by atoms with E-state index in [4.69, 9.17) is 5.73 Å². The minimum atomic E-state index is -4.43. The van der Waals surface area contributed by atoms with Crippen molar-refractivity contribution in [2.45, 2.75) is 50.2 Å². The average molecular weight is 527 g/mol. The van der Waals surface area contributed by atoms with Gasteiger partial charge in [-0.15, -0.1) is 0 Å². The number of aliphatic hydroxyl groups is 2. The lowest BCUT2D eigenvalue weighted by Crippen LogP contribution is -2.55. The number of piperidine rings is 1. The molecule has 1 saturated carbocycles. The van der Waals surface area contributed by atoms with Gasteiger partial charge in [-0.05, 0) is 43.5 Å². The maximum absolute atomic E-state index is 15.5. The Morgan fingerprint density at radius 2 is 1.92 bits per heavy atom. The van der Waals surface area contributed by atoms with Crippen LogP contribution in [0.15, 0.2) is 30.6 Å². The summed E-state index contributed by atoms with van der Waals surface area (Å²) in [5, 5.41) is 22.9. The molecule has 1 saturated heterocycles. The lowest BCUT2D eigenvalue weighted by molar-refractivity contribution is -0.137. The van der Waals surface area contributed by atoms with Crippen LogP contribution >= 0.6 is 0 Å². The van der Waals surface area contributed by atoms with Crippen molar-refractivity contribution in [2.24, 2.45) is 11.7 Å². The fraction of sp³-hybridized carbons (Fsp3) is 0.542. The second kappa shape index (κ2) is 11.2. The molecule has 37 heavy (non-hydrogen) atoms. The van der Waals surface area contributed by atoms with Gasteiger partial charge in [0.05, 0.1) is 18.3 Å². The number of nitrogens with two attached hydrogens (primary N) is 1. The number of nitrogens with one attached hydrogen (secondary N) is 1. The van der Waals surface area contributed by atoms with Gasteiger partial charge >= 0.3 is 6.18 Å². The number of benzene rings is 1. The Labute approximate surface area is 211 Å². The number of likely N-dealkylation sites (tertiary alicyclic amines) is 1. The number of carbonyl (C=O) groups is 1. The molecular formula is C24H30F4N6O3. The number of halogens is 4. The highest BCUT2D eigenvalue weighted by atomic mass is 19.4. The van der Waals surface area contributed by atoms with Crippen molar-refractivity contribution < 1.29 is 32.6 Å². The van der Waals surface area contributed by atoms with Crippen molar-refractivity contribution in [3.63, 3.8) is 0 Å². The lowest BCUT2D eigenvalue weighted by Gasteiger charge is -2.38. The largest absolute Gasteiger partial charge is 0.416 e. The number of anilines is 2. The summed E-state index contributed by atoms with van der Waals surface area (Å²) in [4.78, 5) is 23.0. The van der Waals surface area contributed by atoms with E-state index in [9.17, 15) is 28.2 Å². The number of hydrogen-bond acceptors (Lipinski definition) is 8. The highest BCUT2D eigenvalue weighted by molar-refractivity contribution is 5.80. The van der Waals surface area contributed by atoms with E-state index in [1.54, 1.807) is 9.80 Å². The van der Waals surface area contributed by atoms with Crippen LogP contribution in [0.5, 0.6) is 0 Å². The van der Waals surface area contributed by atoms with Crippen LogP contribution in [0, 0.1) is 11.7 Å². The molecule has 1 aromatic heterocycles. The summed E-state index contributed by atoms with van der Waals surface area (Å²) >= 11 is 0. The van der Waals surface area contributed by atoms with Crippen LogP contribution in [0.2, 0.25) is 0 Å². The first-order valence-electron chi connectivity index (χ1n) is 12.1. The van der Waals surface area contributed by atoms with Crippen molar-refractivity contribution in [3.8, 4) is 0 Å². The van der Waals surface area contributed by atoms with Gasteiger partial charge < -0.3 is 26.2 Å². The summed E-state index contributed by atoms with van der Waals surface area (Å²) in [5.74, 6) is -1.58. The van der Waals surface area contributed by atoms with Gasteiger partial charge in [0.25, 0.3) is 0 Å². The standard InChI is InChI=1S/C24H30F4N6O3/c25-20-22(30-9-15-7-8-33(11-19(15)36)18(12-35)21(29)37)31-13-32-23(20)34(17-5-6-17)10-14-1-3-16(4-2-14)24(26,27)28/h1-4,13,15,17-19,35-36H,5-12H2,(H2,29,37)(H,30,31,32). The van der Waals surface area contributed by atoms with Crippen LogP contribution in [0.1, 0.15) is 30.4 Å². The van der Waals surface area contributed by atoms with E-state index in [0.29, 0.717) is 18.5 Å². The predicted molar refractivity (Wildman–Crippen MR) is 127 cm³/mol. The van der Waals surface area contributed by atoms with Gasteiger partial charge in [0, 0.05) is 31.6 Å². The normalized spacial score (nSPS) is 21.5. The van der Waals surface area contributed by atoms with E-state index in [1.165, 1.54) is 18.5 Å². The van der Waals surface area contributed by atoms with Crippen molar-refractivity contribution >= 4 is 17.5 Å². The van der Waals surface area contributed by atoms with Gasteiger partial charge in [0.2, 0.25) is 11.7 Å². The van der Waals surface area contributed by atoms with Crippen molar-refractivity contribution in [1.29, 1.82) is 0 Å². The summed E-state index contributed by atoms with van der Waals surface area (Å²) in [6.07, 6.45) is -1.92. The molecule has 2 aromatic rings. The van der Waals surface area contributed by atoms with E-state index in [2.05, 4.69) is 15.3 Å². The van der Waals surface area contributed by atoms with Crippen molar-refractivity contribution in [3.05, 3.63) is 47.5 Å². The van der Waals surface area contributed by atoms with Crippen molar-refractivity contribution in [2.75, 3.05) is 36.5 Å². The molecule has 3 atom stereocenters. The summed E-state index contributed by atoms with van der Waals surface area (Å²) in [6, 6.07) is 3.92. The Bertz CT molecular complexity index is 1080. The monoisotopic (exact) mass is 526 g/mol. The number of primary amides is 1. The fourth-order valence-electron chi connectivity index (χ4n) is 4.58.